The van der Waals surface area contributed by atoms with Crippen molar-refractivity contribution in [2.75, 3.05) is 13.1 Å². The van der Waals surface area contributed by atoms with E-state index in [9.17, 15) is 13.6 Å². The van der Waals surface area contributed by atoms with Crippen molar-refractivity contribution < 1.29 is 18.3 Å². The van der Waals surface area contributed by atoms with Gasteiger partial charge in [-0.3, -0.25) is 4.79 Å². The summed E-state index contributed by atoms with van der Waals surface area (Å²) in [4.78, 5) is 11.6. The number of ether oxygens (including phenoxy) is 1. The molecule has 0 aliphatic heterocycles. The normalized spacial score (nSPS) is 11.8. The Bertz CT molecular complexity index is 483. The lowest BCUT2D eigenvalue weighted by Crippen LogP contribution is -2.36. The molecule has 1 aromatic rings. The number of rotatable bonds is 8. The van der Waals surface area contributed by atoms with Gasteiger partial charge in [0, 0.05) is 13.1 Å². The van der Waals surface area contributed by atoms with Crippen molar-refractivity contribution >= 4 is 5.91 Å². The van der Waals surface area contributed by atoms with Crippen LogP contribution >= 0.6 is 0 Å². The van der Waals surface area contributed by atoms with E-state index in [1.54, 1.807) is 0 Å². The van der Waals surface area contributed by atoms with E-state index < -0.39 is 29.4 Å². The zero-order chi connectivity index (χ0) is 15.8. The smallest absolute Gasteiger partial charge is 0.261 e. The highest BCUT2D eigenvalue weighted by Crippen LogP contribution is 2.24. The number of amides is 1. The molecule has 0 bridgehead atoms. The first-order valence-corrected chi connectivity index (χ1v) is 6.73. The van der Waals surface area contributed by atoms with Gasteiger partial charge in [0.05, 0.1) is 0 Å². The van der Waals surface area contributed by atoms with Gasteiger partial charge in [0.2, 0.25) is 0 Å². The number of carbonyl (C=O) groups is 1. The molecule has 1 rings (SSSR count). The molecule has 0 saturated carbocycles. The SMILES string of the molecule is C=CCNC(=O)C(C)Oc1c(F)cc(CNCC)cc1F. The van der Waals surface area contributed by atoms with Crippen LogP contribution < -0.4 is 15.4 Å². The molecule has 0 heterocycles. The molecule has 21 heavy (non-hydrogen) atoms. The van der Waals surface area contributed by atoms with E-state index in [0.717, 1.165) is 0 Å². The van der Waals surface area contributed by atoms with Crippen LogP contribution in [0.2, 0.25) is 0 Å². The van der Waals surface area contributed by atoms with Crippen molar-refractivity contribution in [3.8, 4) is 5.75 Å². The third-order valence-corrected chi connectivity index (χ3v) is 2.72. The van der Waals surface area contributed by atoms with Crippen LogP contribution in [0.4, 0.5) is 8.78 Å². The van der Waals surface area contributed by atoms with E-state index in [0.29, 0.717) is 18.7 Å². The highest BCUT2D eigenvalue weighted by molar-refractivity contribution is 5.80. The first-order valence-electron chi connectivity index (χ1n) is 6.73. The average Bonchev–Trinajstić information content (AvgIpc) is 2.45. The number of nitrogens with one attached hydrogen (secondary N) is 2. The number of carbonyl (C=O) groups excluding carboxylic acids is 1. The molecule has 0 spiro atoms. The van der Waals surface area contributed by atoms with Gasteiger partial charge in [-0.2, -0.15) is 0 Å². The van der Waals surface area contributed by atoms with E-state index in [1.807, 2.05) is 6.92 Å². The van der Waals surface area contributed by atoms with Gasteiger partial charge < -0.3 is 15.4 Å². The van der Waals surface area contributed by atoms with Crippen LogP contribution in [-0.2, 0) is 11.3 Å². The summed E-state index contributed by atoms with van der Waals surface area (Å²) < 4.78 is 32.8. The number of benzene rings is 1. The molecule has 4 nitrogen and oxygen atoms in total. The van der Waals surface area contributed by atoms with Crippen molar-refractivity contribution in [2.45, 2.75) is 26.5 Å². The fraction of sp³-hybridized carbons (Fsp3) is 0.400. The molecule has 6 heteroatoms. The van der Waals surface area contributed by atoms with Crippen LogP contribution in [0.25, 0.3) is 0 Å². The number of hydrogen-bond donors (Lipinski definition) is 2. The van der Waals surface area contributed by atoms with Gasteiger partial charge >= 0.3 is 0 Å². The van der Waals surface area contributed by atoms with Gasteiger partial charge in [0.1, 0.15) is 0 Å². The van der Waals surface area contributed by atoms with E-state index in [1.165, 1.54) is 25.1 Å². The quantitative estimate of drug-likeness (QED) is 0.723. The number of halogens is 2. The zero-order valence-corrected chi connectivity index (χ0v) is 12.2. The van der Waals surface area contributed by atoms with Crippen molar-refractivity contribution in [1.82, 2.24) is 10.6 Å². The molecule has 1 atom stereocenters. The molecule has 0 fully saturated rings. The van der Waals surface area contributed by atoms with Gasteiger partial charge in [-0.05, 0) is 31.2 Å². The Morgan fingerprint density at radius 1 is 1.43 bits per heavy atom. The summed E-state index contributed by atoms with van der Waals surface area (Å²) >= 11 is 0. The maximum atomic E-state index is 13.9. The van der Waals surface area contributed by atoms with Gasteiger partial charge in [0.25, 0.3) is 5.91 Å². The second kappa shape index (κ2) is 8.36. The Morgan fingerprint density at radius 2 is 2.05 bits per heavy atom. The molecule has 1 amide bonds. The summed E-state index contributed by atoms with van der Waals surface area (Å²) in [6, 6.07) is 2.38. The molecule has 0 aliphatic rings. The second-order valence-corrected chi connectivity index (χ2v) is 4.46. The Kier molecular flexibility index (Phi) is 6.81. The molecule has 2 N–H and O–H groups in total. The van der Waals surface area contributed by atoms with Crippen LogP contribution in [0.3, 0.4) is 0 Å². The summed E-state index contributed by atoms with van der Waals surface area (Å²) in [5, 5.41) is 5.47. The minimum atomic E-state index is -1.01. The van der Waals surface area contributed by atoms with Gasteiger partial charge in [-0.1, -0.05) is 13.0 Å². The van der Waals surface area contributed by atoms with Gasteiger partial charge in [-0.15, -0.1) is 6.58 Å². The molecular formula is C15H20F2N2O2. The van der Waals surface area contributed by atoms with Crippen molar-refractivity contribution in [1.29, 1.82) is 0 Å². The lowest BCUT2D eigenvalue weighted by Gasteiger charge is -2.16. The van der Waals surface area contributed by atoms with Gasteiger partial charge in [-0.25, -0.2) is 8.78 Å². The van der Waals surface area contributed by atoms with Crippen molar-refractivity contribution in [3.63, 3.8) is 0 Å². The second-order valence-electron chi connectivity index (χ2n) is 4.46. The van der Waals surface area contributed by atoms with Crippen LogP contribution in [0.1, 0.15) is 19.4 Å². The molecule has 0 radical (unpaired) electrons. The first-order chi connectivity index (χ1) is 9.99. The van der Waals surface area contributed by atoms with E-state index in [4.69, 9.17) is 4.74 Å². The van der Waals surface area contributed by atoms with Crippen molar-refractivity contribution in [3.05, 3.63) is 42.0 Å². The average molecular weight is 298 g/mol. The molecular weight excluding hydrogens is 278 g/mol. The largest absolute Gasteiger partial charge is 0.475 e. The standard InChI is InChI=1S/C15H20F2N2O2/c1-4-6-19-15(20)10(3)21-14-12(16)7-11(8-13(14)17)9-18-5-2/h4,7-8,10,18H,1,5-6,9H2,2-3H3,(H,19,20). The molecule has 1 aromatic carbocycles. The Labute approximate surface area is 123 Å². The Morgan fingerprint density at radius 3 is 2.57 bits per heavy atom. The molecule has 0 saturated heterocycles. The first kappa shape index (κ1) is 17.1. The topological polar surface area (TPSA) is 50.4 Å². The molecule has 116 valence electrons. The van der Waals surface area contributed by atoms with Gasteiger partial charge in [0.15, 0.2) is 23.5 Å². The van der Waals surface area contributed by atoms with Crippen LogP contribution in [0.5, 0.6) is 5.75 Å². The Hall–Kier alpha value is -1.95. The van der Waals surface area contributed by atoms with E-state index in [-0.39, 0.29) is 6.54 Å². The molecule has 1 unspecified atom stereocenters. The number of hydrogen-bond acceptors (Lipinski definition) is 3. The fourth-order valence-corrected chi connectivity index (χ4v) is 1.64. The molecule has 0 aliphatic carbocycles. The minimum Gasteiger partial charge on any atom is -0.475 e. The molecule has 0 aromatic heterocycles. The van der Waals surface area contributed by atoms with E-state index >= 15 is 0 Å². The van der Waals surface area contributed by atoms with Crippen LogP contribution in [0, 0.1) is 11.6 Å². The predicted octanol–water partition coefficient (Wildman–Crippen LogP) is 2.14. The summed E-state index contributed by atoms with van der Waals surface area (Å²) in [5.41, 5.74) is 0.475. The summed E-state index contributed by atoms with van der Waals surface area (Å²) in [7, 11) is 0. The third kappa shape index (κ3) is 5.15. The maximum absolute atomic E-state index is 13.9. The maximum Gasteiger partial charge on any atom is 0.261 e. The van der Waals surface area contributed by atoms with E-state index in [2.05, 4.69) is 17.2 Å². The highest BCUT2D eigenvalue weighted by Gasteiger charge is 2.19. The Balaban J connectivity index is 2.79. The zero-order valence-electron chi connectivity index (χ0n) is 12.2. The summed E-state index contributed by atoms with van der Waals surface area (Å²) in [5.74, 6) is -2.67. The predicted molar refractivity (Wildman–Crippen MR) is 77.0 cm³/mol. The highest BCUT2D eigenvalue weighted by atomic mass is 19.1. The lowest BCUT2D eigenvalue weighted by molar-refractivity contribution is -0.127. The monoisotopic (exact) mass is 298 g/mol. The van der Waals surface area contributed by atoms with Crippen LogP contribution in [-0.4, -0.2) is 25.1 Å². The minimum absolute atomic E-state index is 0.263. The third-order valence-electron chi connectivity index (χ3n) is 2.72. The fourth-order valence-electron chi connectivity index (χ4n) is 1.64. The van der Waals surface area contributed by atoms with Crippen molar-refractivity contribution in [2.24, 2.45) is 0 Å². The summed E-state index contributed by atoms with van der Waals surface area (Å²) in [6.07, 6.45) is 0.495. The lowest BCUT2D eigenvalue weighted by atomic mass is 10.2. The van der Waals surface area contributed by atoms with Crippen LogP contribution in [0.15, 0.2) is 24.8 Å². The summed E-state index contributed by atoms with van der Waals surface area (Å²) in [6.45, 7) is 8.09.